The molecule has 0 aliphatic carbocycles. The minimum atomic E-state index is -0.00746. The topological polar surface area (TPSA) is 41.6 Å². The van der Waals surface area contributed by atoms with Gasteiger partial charge >= 0.3 is 0 Å². The summed E-state index contributed by atoms with van der Waals surface area (Å²) in [7, 11) is 0. The van der Waals surface area contributed by atoms with Crippen molar-refractivity contribution in [3.63, 3.8) is 0 Å². The Balaban J connectivity index is 1.87. The molecule has 4 heteroatoms. The summed E-state index contributed by atoms with van der Waals surface area (Å²) in [5.74, 6) is 0.803. The summed E-state index contributed by atoms with van der Waals surface area (Å²) < 4.78 is 5.39. The number of hydrogen-bond acceptors (Lipinski definition) is 3. The number of nitrogens with zero attached hydrogens (tertiary/aromatic N) is 1. The first-order valence-corrected chi connectivity index (χ1v) is 8.00. The molecule has 0 radical (unpaired) electrons. The molecule has 2 rings (SSSR count). The van der Waals surface area contributed by atoms with E-state index in [1.54, 1.807) is 0 Å². The predicted molar refractivity (Wildman–Crippen MR) is 93.6 cm³/mol. The Labute approximate surface area is 138 Å². The summed E-state index contributed by atoms with van der Waals surface area (Å²) in [5.41, 5.74) is 2.00. The van der Waals surface area contributed by atoms with Gasteiger partial charge in [-0.15, -0.1) is 0 Å². The molecule has 0 atom stereocenters. The molecule has 0 bridgehead atoms. The number of rotatable bonds is 8. The zero-order valence-corrected chi connectivity index (χ0v) is 13.8. The maximum Gasteiger partial charge on any atom is 0.238 e. The van der Waals surface area contributed by atoms with E-state index in [4.69, 9.17) is 4.74 Å². The highest BCUT2D eigenvalue weighted by Gasteiger charge is 2.10. The number of carbonyl (C=O) groups is 1. The fourth-order valence-corrected chi connectivity index (χ4v) is 2.33. The Hall–Kier alpha value is -2.33. The van der Waals surface area contributed by atoms with Crippen LogP contribution in [0.1, 0.15) is 19.4 Å². The highest BCUT2D eigenvalue weighted by atomic mass is 16.5. The van der Waals surface area contributed by atoms with E-state index in [2.05, 4.69) is 29.3 Å². The van der Waals surface area contributed by atoms with Crippen LogP contribution in [0.25, 0.3) is 0 Å². The van der Waals surface area contributed by atoms with Gasteiger partial charge in [0.25, 0.3) is 0 Å². The van der Waals surface area contributed by atoms with Crippen LogP contribution in [0.4, 0.5) is 5.69 Å². The van der Waals surface area contributed by atoms with Gasteiger partial charge in [-0.3, -0.25) is 9.69 Å². The van der Waals surface area contributed by atoms with Crippen molar-refractivity contribution in [2.24, 2.45) is 0 Å². The van der Waals surface area contributed by atoms with Crippen LogP contribution in [0.5, 0.6) is 5.75 Å². The van der Waals surface area contributed by atoms with E-state index < -0.39 is 0 Å². The largest absolute Gasteiger partial charge is 0.494 e. The van der Waals surface area contributed by atoms with E-state index >= 15 is 0 Å². The molecule has 0 unspecified atom stereocenters. The van der Waals surface area contributed by atoms with Gasteiger partial charge in [0, 0.05) is 12.2 Å². The summed E-state index contributed by atoms with van der Waals surface area (Å²) >= 11 is 0. The second-order valence-electron chi connectivity index (χ2n) is 5.29. The Kier molecular flexibility index (Phi) is 6.63. The van der Waals surface area contributed by atoms with Crippen LogP contribution in [-0.2, 0) is 11.3 Å². The first-order valence-electron chi connectivity index (χ1n) is 8.00. The van der Waals surface area contributed by atoms with E-state index in [0.29, 0.717) is 13.2 Å². The van der Waals surface area contributed by atoms with Gasteiger partial charge in [-0.05, 0) is 43.3 Å². The number of likely N-dealkylation sites (N-methyl/N-ethyl adjacent to an activating group) is 1. The van der Waals surface area contributed by atoms with Crippen molar-refractivity contribution in [2.75, 3.05) is 25.0 Å². The number of amides is 1. The molecular formula is C19H24N2O2. The molecule has 0 saturated heterocycles. The van der Waals surface area contributed by atoms with E-state index in [9.17, 15) is 4.79 Å². The van der Waals surface area contributed by atoms with Crippen molar-refractivity contribution in [2.45, 2.75) is 20.4 Å². The molecule has 2 aromatic carbocycles. The third kappa shape index (κ3) is 5.75. The zero-order valence-electron chi connectivity index (χ0n) is 13.8. The minimum Gasteiger partial charge on any atom is -0.494 e. The van der Waals surface area contributed by atoms with Crippen LogP contribution in [0.2, 0.25) is 0 Å². The molecule has 0 aliphatic heterocycles. The van der Waals surface area contributed by atoms with Gasteiger partial charge in [0.2, 0.25) is 5.91 Å². The second-order valence-corrected chi connectivity index (χ2v) is 5.29. The fourth-order valence-electron chi connectivity index (χ4n) is 2.33. The van der Waals surface area contributed by atoms with Crippen molar-refractivity contribution in [3.05, 3.63) is 60.2 Å². The number of nitrogens with one attached hydrogen (secondary N) is 1. The van der Waals surface area contributed by atoms with Gasteiger partial charge in [0.1, 0.15) is 5.75 Å². The lowest BCUT2D eigenvalue weighted by atomic mass is 10.2. The summed E-state index contributed by atoms with van der Waals surface area (Å²) in [6, 6.07) is 17.6. The number of benzene rings is 2. The standard InChI is InChI=1S/C19H24N2O2/c1-3-21(14-16-8-6-5-7-9-16)15-19(22)20-17-10-12-18(13-11-17)23-4-2/h5-13H,3-4,14-15H2,1-2H3,(H,20,22). The van der Waals surface area contributed by atoms with Crippen LogP contribution >= 0.6 is 0 Å². The van der Waals surface area contributed by atoms with Gasteiger partial charge in [0.15, 0.2) is 0 Å². The van der Waals surface area contributed by atoms with E-state index in [-0.39, 0.29) is 5.91 Å². The lowest BCUT2D eigenvalue weighted by molar-refractivity contribution is -0.117. The number of anilines is 1. The quantitative estimate of drug-likeness (QED) is 0.810. The molecule has 0 aliphatic rings. The molecule has 0 fully saturated rings. The molecule has 1 amide bonds. The molecule has 0 spiro atoms. The lowest BCUT2D eigenvalue weighted by Crippen LogP contribution is -2.32. The molecule has 122 valence electrons. The highest BCUT2D eigenvalue weighted by molar-refractivity contribution is 5.92. The van der Waals surface area contributed by atoms with E-state index in [0.717, 1.165) is 24.5 Å². The third-order valence-electron chi connectivity index (χ3n) is 3.51. The molecule has 0 heterocycles. The first kappa shape index (κ1) is 17.0. The SMILES string of the molecule is CCOc1ccc(NC(=O)CN(CC)Cc2ccccc2)cc1. The average Bonchev–Trinajstić information content (AvgIpc) is 2.57. The van der Waals surface area contributed by atoms with Gasteiger partial charge in [-0.1, -0.05) is 37.3 Å². The highest BCUT2D eigenvalue weighted by Crippen LogP contribution is 2.15. The first-order chi connectivity index (χ1) is 11.2. The van der Waals surface area contributed by atoms with Gasteiger partial charge in [0.05, 0.1) is 13.2 Å². The molecule has 0 saturated carbocycles. The van der Waals surface area contributed by atoms with Crippen LogP contribution in [0.3, 0.4) is 0 Å². The zero-order chi connectivity index (χ0) is 16.5. The molecule has 23 heavy (non-hydrogen) atoms. The summed E-state index contributed by atoms with van der Waals surface area (Å²) in [4.78, 5) is 14.3. The predicted octanol–water partition coefficient (Wildman–Crippen LogP) is 3.55. The Bertz CT molecular complexity index is 597. The average molecular weight is 312 g/mol. The van der Waals surface area contributed by atoms with Crippen molar-refractivity contribution >= 4 is 11.6 Å². The Morgan fingerprint density at radius 3 is 2.35 bits per heavy atom. The van der Waals surface area contributed by atoms with Crippen molar-refractivity contribution in [1.82, 2.24) is 4.90 Å². The molecular weight excluding hydrogens is 288 g/mol. The minimum absolute atomic E-state index is 0.00746. The van der Waals surface area contributed by atoms with Crippen LogP contribution in [0.15, 0.2) is 54.6 Å². The summed E-state index contributed by atoms with van der Waals surface area (Å²) in [6.07, 6.45) is 0. The van der Waals surface area contributed by atoms with Crippen molar-refractivity contribution in [1.29, 1.82) is 0 Å². The molecule has 2 aromatic rings. The number of ether oxygens (including phenoxy) is 1. The molecule has 4 nitrogen and oxygen atoms in total. The van der Waals surface area contributed by atoms with Gasteiger partial charge in [-0.2, -0.15) is 0 Å². The van der Waals surface area contributed by atoms with Gasteiger partial charge < -0.3 is 10.1 Å². The summed E-state index contributed by atoms with van der Waals surface area (Å²) in [5, 5.41) is 2.93. The van der Waals surface area contributed by atoms with Crippen molar-refractivity contribution in [3.8, 4) is 5.75 Å². The normalized spacial score (nSPS) is 10.6. The Morgan fingerprint density at radius 1 is 1.04 bits per heavy atom. The third-order valence-corrected chi connectivity index (χ3v) is 3.51. The maximum atomic E-state index is 12.2. The Morgan fingerprint density at radius 2 is 1.74 bits per heavy atom. The van der Waals surface area contributed by atoms with Crippen LogP contribution < -0.4 is 10.1 Å². The molecule has 1 N–H and O–H groups in total. The maximum absolute atomic E-state index is 12.2. The van der Waals surface area contributed by atoms with Crippen LogP contribution in [-0.4, -0.2) is 30.5 Å². The summed E-state index contributed by atoms with van der Waals surface area (Å²) in [6.45, 7) is 6.61. The monoisotopic (exact) mass is 312 g/mol. The van der Waals surface area contributed by atoms with E-state index in [1.165, 1.54) is 5.56 Å². The smallest absolute Gasteiger partial charge is 0.238 e. The van der Waals surface area contributed by atoms with Crippen LogP contribution in [0, 0.1) is 0 Å². The molecule has 0 aromatic heterocycles. The lowest BCUT2D eigenvalue weighted by Gasteiger charge is -2.20. The van der Waals surface area contributed by atoms with Crippen molar-refractivity contribution < 1.29 is 9.53 Å². The fraction of sp³-hybridized carbons (Fsp3) is 0.316. The number of carbonyl (C=O) groups excluding carboxylic acids is 1. The van der Waals surface area contributed by atoms with E-state index in [1.807, 2.05) is 49.4 Å². The number of hydrogen-bond donors (Lipinski definition) is 1. The van der Waals surface area contributed by atoms with Gasteiger partial charge in [-0.25, -0.2) is 0 Å². The second kappa shape index (κ2) is 8.96.